The maximum Gasteiger partial charge on any atom is 0.224 e. The maximum absolute atomic E-state index is 12.2. The number of para-hydroxylation sites is 1. The molecule has 0 atom stereocenters. The Morgan fingerprint density at radius 2 is 2.03 bits per heavy atom. The zero-order valence-electron chi connectivity index (χ0n) is 16.9. The van der Waals surface area contributed by atoms with Crippen LogP contribution in [0.1, 0.15) is 23.3 Å². The minimum absolute atomic E-state index is 0.0903. The van der Waals surface area contributed by atoms with Gasteiger partial charge < -0.3 is 15.2 Å². The molecule has 0 radical (unpaired) electrons. The molecule has 2 aromatic carbocycles. The van der Waals surface area contributed by atoms with Crippen LogP contribution in [0, 0.1) is 3.95 Å². The van der Waals surface area contributed by atoms with Gasteiger partial charge in [-0.15, -0.1) is 11.3 Å². The van der Waals surface area contributed by atoms with Gasteiger partial charge in [0.2, 0.25) is 11.8 Å². The van der Waals surface area contributed by atoms with Gasteiger partial charge in [-0.3, -0.25) is 14.4 Å². The number of aliphatic imine (C=N–C) groups is 1. The molecular weight excluding hydrogens is 430 g/mol. The van der Waals surface area contributed by atoms with Gasteiger partial charge in [0.25, 0.3) is 0 Å². The molecule has 1 aliphatic rings. The standard InChI is InChI=1S/C23H21N3O3S2/c1-29-17-10-8-16(9-11-17)25-21(27)7-4-12-26-22(28)20(31-23(26)30)13-15-14-24-19-6-3-2-5-18(15)19/h2-3,5-6,8-11,13-14,28H,4,7,12H2,1H3,(H,25,27)/b15-13-. The summed E-state index contributed by atoms with van der Waals surface area (Å²) in [6.07, 6.45) is 4.57. The topological polar surface area (TPSA) is 75.8 Å². The summed E-state index contributed by atoms with van der Waals surface area (Å²) < 4.78 is 7.36. The average molecular weight is 452 g/mol. The number of ether oxygens (including phenoxy) is 1. The monoisotopic (exact) mass is 451 g/mol. The summed E-state index contributed by atoms with van der Waals surface area (Å²) in [5.41, 5.74) is 3.60. The number of allylic oxidation sites excluding steroid dienone is 1. The van der Waals surface area contributed by atoms with Gasteiger partial charge in [-0.05, 0) is 55.0 Å². The van der Waals surface area contributed by atoms with Crippen LogP contribution >= 0.6 is 23.6 Å². The lowest BCUT2D eigenvalue weighted by Crippen LogP contribution is -2.12. The van der Waals surface area contributed by atoms with Gasteiger partial charge >= 0.3 is 0 Å². The number of hydrogen-bond acceptors (Lipinski definition) is 6. The van der Waals surface area contributed by atoms with Crippen molar-refractivity contribution in [2.24, 2.45) is 4.99 Å². The maximum atomic E-state index is 12.2. The Hall–Kier alpha value is -3.23. The molecule has 1 amide bonds. The second kappa shape index (κ2) is 9.28. The molecule has 158 valence electrons. The van der Waals surface area contributed by atoms with Crippen molar-refractivity contribution >= 4 is 58.7 Å². The molecule has 3 aromatic rings. The highest BCUT2D eigenvalue weighted by Gasteiger charge is 2.15. The fourth-order valence-electron chi connectivity index (χ4n) is 3.30. The van der Waals surface area contributed by atoms with E-state index in [2.05, 4.69) is 10.3 Å². The highest BCUT2D eigenvalue weighted by Crippen LogP contribution is 2.35. The number of methoxy groups -OCH3 is 1. The van der Waals surface area contributed by atoms with Crippen molar-refractivity contribution in [1.82, 2.24) is 4.57 Å². The molecular formula is C23H21N3O3S2. The lowest BCUT2D eigenvalue weighted by molar-refractivity contribution is -0.116. The number of nitrogens with one attached hydrogen (secondary N) is 1. The van der Waals surface area contributed by atoms with Crippen LogP contribution in [0.4, 0.5) is 11.4 Å². The first kappa shape index (κ1) is 21.0. The first-order chi connectivity index (χ1) is 15.0. The molecule has 2 heterocycles. The van der Waals surface area contributed by atoms with Crippen LogP contribution in [0.2, 0.25) is 0 Å². The second-order valence-electron chi connectivity index (χ2n) is 6.96. The minimum Gasteiger partial charge on any atom is -0.497 e. The summed E-state index contributed by atoms with van der Waals surface area (Å²) in [7, 11) is 1.60. The highest BCUT2D eigenvalue weighted by atomic mass is 32.1. The fraction of sp³-hybridized carbons (Fsp3) is 0.174. The molecule has 31 heavy (non-hydrogen) atoms. The van der Waals surface area contributed by atoms with E-state index in [0.717, 1.165) is 22.6 Å². The number of nitrogens with zero attached hydrogens (tertiary/aromatic N) is 2. The lowest BCUT2D eigenvalue weighted by Gasteiger charge is -2.07. The van der Waals surface area contributed by atoms with Gasteiger partial charge in [-0.2, -0.15) is 0 Å². The number of rotatable bonds is 7. The van der Waals surface area contributed by atoms with Crippen LogP contribution in [0.15, 0.2) is 53.5 Å². The quantitative estimate of drug-likeness (QED) is 0.454. The van der Waals surface area contributed by atoms with Crippen LogP contribution in [0.25, 0.3) is 11.6 Å². The van der Waals surface area contributed by atoms with E-state index in [1.807, 2.05) is 30.3 Å². The van der Waals surface area contributed by atoms with Gasteiger partial charge in [0.1, 0.15) is 5.75 Å². The summed E-state index contributed by atoms with van der Waals surface area (Å²) in [6.45, 7) is 0.463. The van der Waals surface area contributed by atoms with Crippen molar-refractivity contribution in [2.45, 2.75) is 19.4 Å². The number of aromatic hydroxyl groups is 1. The molecule has 8 heteroatoms. The van der Waals surface area contributed by atoms with Crippen molar-refractivity contribution in [3.63, 3.8) is 0 Å². The molecule has 0 unspecified atom stereocenters. The number of carbonyl (C=O) groups is 1. The van der Waals surface area contributed by atoms with Crippen molar-refractivity contribution < 1.29 is 14.6 Å². The number of thiazole rings is 1. The zero-order chi connectivity index (χ0) is 21.8. The van der Waals surface area contributed by atoms with E-state index in [9.17, 15) is 9.90 Å². The minimum atomic E-state index is -0.0903. The summed E-state index contributed by atoms with van der Waals surface area (Å²) in [6, 6.07) is 15.0. The van der Waals surface area contributed by atoms with Crippen molar-refractivity contribution in [3.05, 3.63) is 62.9 Å². The molecule has 1 aliphatic heterocycles. The number of benzene rings is 2. The lowest BCUT2D eigenvalue weighted by atomic mass is 10.1. The third-order valence-electron chi connectivity index (χ3n) is 4.90. The molecule has 0 saturated carbocycles. The van der Waals surface area contributed by atoms with Crippen LogP contribution in [-0.4, -0.2) is 28.9 Å². The Balaban J connectivity index is 1.38. The van der Waals surface area contributed by atoms with Crippen LogP contribution in [0.5, 0.6) is 11.6 Å². The number of fused-ring (bicyclic) bond motifs is 1. The van der Waals surface area contributed by atoms with E-state index >= 15 is 0 Å². The molecule has 4 rings (SSSR count). The summed E-state index contributed by atoms with van der Waals surface area (Å²) in [5.74, 6) is 0.766. The molecule has 1 aromatic heterocycles. The first-order valence-corrected chi connectivity index (χ1v) is 11.0. The molecule has 0 saturated heterocycles. The number of hydrogen-bond donors (Lipinski definition) is 2. The molecule has 0 fully saturated rings. The third-order valence-corrected chi connectivity index (χ3v) is 6.28. The zero-order valence-corrected chi connectivity index (χ0v) is 18.5. The molecule has 6 nitrogen and oxygen atoms in total. The Labute approximate surface area is 189 Å². The molecule has 0 bridgehead atoms. The average Bonchev–Trinajstić information content (AvgIpc) is 3.30. The Morgan fingerprint density at radius 3 is 2.81 bits per heavy atom. The summed E-state index contributed by atoms with van der Waals surface area (Å²) in [5, 5.41) is 13.5. The Kier molecular flexibility index (Phi) is 6.29. The van der Waals surface area contributed by atoms with Gasteiger partial charge in [-0.25, -0.2) is 0 Å². The molecule has 0 aliphatic carbocycles. The van der Waals surface area contributed by atoms with E-state index in [4.69, 9.17) is 17.0 Å². The van der Waals surface area contributed by atoms with Crippen LogP contribution in [-0.2, 0) is 11.3 Å². The van der Waals surface area contributed by atoms with Gasteiger partial charge in [0, 0.05) is 36.0 Å². The number of amides is 1. The molecule has 2 N–H and O–H groups in total. The fourth-order valence-corrected chi connectivity index (χ4v) is 4.61. The smallest absolute Gasteiger partial charge is 0.224 e. The highest BCUT2D eigenvalue weighted by molar-refractivity contribution is 7.73. The van der Waals surface area contributed by atoms with E-state index in [0.29, 0.717) is 33.9 Å². The second-order valence-corrected chi connectivity index (χ2v) is 8.64. The van der Waals surface area contributed by atoms with Gasteiger partial charge in [0.15, 0.2) is 3.95 Å². The van der Waals surface area contributed by atoms with Crippen LogP contribution in [0.3, 0.4) is 0 Å². The normalized spacial score (nSPS) is 13.4. The van der Waals surface area contributed by atoms with Crippen molar-refractivity contribution in [2.75, 3.05) is 12.4 Å². The number of aromatic nitrogens is 1. The Morgan fingerprint density at radius 1 is 1.26 bits per heavy atom. The SMILES string of the molecule is COc1ccc(NC(=O)CCCn2c(O)c(/C=C3/C=Nc4ccccc43)sc2=S)cc1. The summed E-state index contributed by atoms with van der Waals surface area (Å²) >= 11 is 6.78. The van der Waals surface area contributed by atoms with Crippen molar-refractivity contribution in [3.8, 4) is 11.6 Å². The van der Waals surface area contributed by atoms with E-state index in [1.54, 1.807) is 42.2 Å². The van der Waals surface area contributed by atoms with E-state index < -0.39 is 0 Å². The number of anilines is 1. The van der Waals surface area contributed by atoms with Crippen molar-refractivity contribution in [1.29, 1.82) is 0 Å². The largest absolute Gasteiger partial charge is 0.497 e. The van der Waals surface area contributed by atoms with Gasteiger partial charge in [-0.1, -0.05) is 18.2 Å². The van der Waals surface area contributed by atoms with E-state index in [-0.39, 0.29) is 11.8 Å². The van der Waals surface area contributed by atoms with Crippen LogP contribution < -0.4 is 10.1 Å². The van der Waals surface area contributed by atoms with Gasteiger partial charge in [0.05, 0.1) is 17.7 Å². The predicted octanol–water partition coefficient (Wildman–Crippen LogP) is 5.67. The first-order valence-electron chi connectivity index (χ1n) is 9.77. The molecule has 0 spiro atoms. The third kappa shape index (κ3) is 4.76. The summed E-state index contributed by atoms with van der Waals surface area (Å²) in [4.78, 5) is 17.3. The number of carbonyl (C=O) groups excluding carboxylic acids is 1. The Bertz CT molecular complexity index is 1220. The predicted molar refractivity (Wildman–Crippen MR) is 128 cm³/mol. The van der Waals surface area contributed by atoms with E-state index in [1.165, 1.54) is 11.3 Å².